The quantitative estimate of drug-likeness (QED) is 0.546. The second-order valence-corrected chi connectivity index (χ2v) is 6.05. The van der Waals surface area contributed by atoms with Gasteiger partial charge < -0.3 is 20.5 Å². The molecule has 0 aliphatic rings. The van der Waals surface area contributed by atoms with Gasteiger partial charge in [0.15, 0.2) is 11.5 Å². The predicted octanol–water partition coefficient (Wildman–Crippen LogP) is 2.86. The minimum atomic E-state index is 0.306. The molecule has 0 saturated carbocycles. The van der Waals surface area contributed by atoms with Gasteiger partial charge in [-0.25, -0.2) is 19.5 Å². The highest BCUT2D eigenvalue weighted by Crippen LogP contribution is 2.33. The molecule has 0 bridgehead atoms. The molecule has 4 aromatic rings. The van der Waals surface area contributed by atoms with Crippen LogP contribution in [-0.2, 0) is 0 Å². The lowest BCUT2D eigenvalue weighted by molar-refractivity contribution is 0.355. The van der Waals surface area contributed by atoms with Gasteiger partial charge in [-0.1, -0.05) is 12.1 Å². The number of aromatic nitrogens is 5. The predicted molar refractivity (Wildman–Crippen MR) is 106 cm³/mol. The molecule has 2 aromatic heterocycles. The first-order valence-electron chi connectivity index (χ1n) is 8.52. The van der Waals surface area contributed by atoms with Crippen LogP contribution in [0.25, 0.3) is 17.0 Å². The second-order valence-electron chi connectivity index (χ2n) is 6.05. The first kappa shape index (κ1) is 17.5. The number of hydrogen-bond acceptors (Lipinski definition) is 8. The van der Waals surface area contributed by atoms with Crippen molar-refractivity contribution in [3.63, 3.8) is 0 Å². The number of methoxy groups -OCH3 is 2. The van der Waals surface area contributed by atoms with E-state index in [2.05, 4.69) is 25.3 Å². The molecule has 28 heavy (non-hydrogen) atoms. The Labute approximate surface area is 161 Å². The summed E-state index contributed by atoms with van der Waals surface area (Å²) in [6.45, 7) is 1.95. The summed E-state index contributed by atoms with van der Waals surface area (Å²) in [5, 5.41) is 3.20. The molecule has 9 heteroatoms. The van der Waals surface area contributed by atoms with Gasteiger partial charge in [-0.2, -0.15) is 4.98 Å². The van der Waals surface area contributed by atoms with Crippen molar-refractivity contribution in [3.8, 4) is 17.4 Å². The number of nitrogens with two attached hydrogens (primary N) is 1. The molecule has 0 radical (unpaired) electrons. The molecule has 0 amide bonds. The summed E-state index contributed by atoms with van der Waals surface area (Å²) in [5.41, 5.74) is 9.41. The van der Waals surface area contributed by atoms with Crippen LogP contribution < -0.4 is 20.5 Å². The van der Waals surface area contributed by atoms with Crippen LogP contribution in [0.2, 0.25) is 0 Å². The highest BCUT2D eigenvalue weighted by atomic mass is 16.5. The monoisotopic (exact) mass is 377 g/mol. The van der Waals surface area contributed by atoms with E-state index in [0.29, 0.717) is 29.3 Å². The standard InChI is InChI=1S/C19H19N7O2/c1-11-8-15(27-2)16(28-3)9-13(11)24-18-21-10-22-19(25-18)26-14-7-5-4-6-12(14)23-17(26)20/h4-10H,1-3H3,(H2,20,23)(H,21,22,24,25). The third-order valence-corrected chi connectivity index (χ3v) is 4.32. The van der Waals surface area contributed by atoms with Gasteiger partial charge in [0.1, 0.15) is 6.33 Å². The van der Waals surface area contributed by atoms with Crippen molar-refractivity contribution in [2.24, 2.45) is 0 Å². The van der Waals surface area contributed by atoms with Gasteiger partial charge in [0.05, 0.1) is 25.3 Å². The molecule has 9 nitrogen and oxygen atoms in total. The van der Waals surface area contributed by atoms with Crippen LogP contribution >= 0.6 is 0 Å². The Morgan fingerprint density at radius 1 is 1.00 bits per heavy atom. The van der Waals surface area contributed by atoms with Crippen molar-refractivity contribution < 1.29 is 9.47 Å². The summed E-state index contributed by atoms with van der Waals surface area (Å²) in [7, 11) is 3.19. The van der Waals surface area contributed by atoms with Crippen LogP contribution in [-0.4, -0.2) is 38.7 Å². The lowest BCUT2D eigenvalue weighted by Gasteiger charge is -2.14. The van der Waals surface area contributed by atoms with Gasteiger partial charge in [0.2, 0.25) is 17.8 Å². The summed E-state index contributed by atoms with van der Waals surface area (Å²) in [6, 6.07) is 11.3. The van der Waals surface area contributed by atoms with Crippen molar-refractivity contribution in [1.29, 1.82) is 0 Å². The van der Waals surface area contributed by atoms with Gasteiger partial charge in [-0.15, -0.1) is 0 Å². The largest absolute Gasteiger partial charge is 0.493 e. The van der Waals surface area contributed by atoms with Crippen molar-refractivity contribution >= 4 is 28.6 Å². The van der Waals surface area contributed by atoms with Crippen LogP contribution in [0.4, 0.5) is 17.6 Å². The minimum absolute atomic E-state index is 0.306. The normalized spacial score (nSPS) is 10.8. The Hall–Kier alpha value is -3.88. The van der Waals surface area contributed by atoms with Crippen molar-refractivity contribution in [3.05, 3.63) is 48.3 Å². The molecule has 142 valence electrons. The van der Waals surface area contributed by atoms with Crippen LogP contribution in [0.15, 0.2) is 42.7 Å². The van der Waals surface area contributed by atoms with E-state index in [4.69, 9.17) is 15.2 Å². The number of nitrogen functional groups attached to an aromatic ring is 1. The fourth-order valence-electron chi connectivity index (χ4n) is 2.95. The van der Waals surface area contributed by atoms with Crippen LogP contribution in [0.5, 0.6) is 11.5 Å². The molecule has 0 unspecified atom stereocenters. The number of benzene rings is 2. The molecule has 0 fully saturated rings. The maximum atomic E-state index is 6.08. The molecular weight excluding hydrogens is 358 g/mol. The summed E-state index contributed by atoms with van der Waals surface area (Å²) < 4.78 is 12.4. The van der Waals surface area contributed by atoms with E-state index in [9.17, 15) is 0 Å². The molecule has 0 aliphatic carbocycles. The van der Waals surface area contributed by atoms with E-state index in [1.807, 2.05) is 43.3 Å². The molecule has 0 spiro atoms. The average Bonchev–Trinajstić information content (AvgIpc) is 3.05. The van der Waals surface area contributed by atoms with E-state index in [1.165, 1.54) is 6.33 Å². The van der Waals surface area contributed by atoms with E-state index in [-0.39, 0.29) is 0 Å². The molecular formula is C19H19N7O2. The molecule has 4 rings (SSSR count). The third-order valence-electron chi connectivity index (χ3n) is 4.32. The Kier molecular flexibility index (Phi) is 4.40. The number of para-hydroxylation sites is 2. The Bertz CT molecular complexity index is 1160. The van der Waals surface area contributed by atoms with E-state index < -0.39 is 0 Å². The minimum Gasteiger partial charge on any atom is -0.493 e. The molecule has 2 aromatic carbocycles. The SMILES string of the molecule is COc1cc(C)c(Nc2ncnc(-n3c(N)nc4ccccc43)n2)cc1OC. The number of ether oxygens (including phenoxy) is 2. The van der Waals surface area contributed by atoms with E-state index in [0.717, 1.165) is 22.3 Å². The van der Waals surface area contributed by atoms with Gasteiger partial charge >= 0.3 is 0 Å². The number of hydrogen-bond donors (Lipinski definition) is 2. The van der Waals surface area contributed by atoms with Crippen molar-refractivity contribution in [2.45, 2.75) is 6.92 Å². The number of rotatable bonds is 5. The first-order chi connectivity index (χ1) is 13.6. The Morgan fingerprint density at radius 3 is 2.54 bits per heavy atom. The van der Waals surface area contributed by atoms with Crippen molar-refractivity contribution in [2.75, 3.05) is 25.3 Å². The van der Waals surface area contributed by atoms with E-state index >= 15 is 0 Å². The Morgan fingerprint density at radius 2 is 1.75 bits per heavy atom. The zero-order valence-corrected chi connectivity index (χ0v) is 15.7. The van der Waals surface area contributed by atoms with Crippen molar-refractivity contribution in [1.82, 2.24) is 24.5 Å². The van der Waals surface area contributed by atoms with Gasteiger partial charge in [0.25, 0.3) is 0 Å². The van der Waals surface area contributed by atoms with Gasteiger partial charge in [-0.3, -0.25) is 0 Å². The number of nitrogens with one attached hydrogen (secondary N) is 1. The number of imidazole rings is 1. The third kappa shape index (κ3) is 3.02. The maximum absolute atomic E-state index is 6.08. The summed E-state index contributed by atoms with van der Waals surface area (Å²) >= 11 is 0. The number of fused-ring (bicyclic) bond motifs is 1. The summed E-state index contributed by atoms with van der Waals surface area (Å²) in [5.74, 6) is 2.31. The summed E-state index contributed by atoms with van der Waals surface area (Å²) in [4.78, 5) is 17.3. The highest BCUT2D eigenvalue weighted by Gasteiger charge is 2.14. The number of aryl methyl sites for hydroxylation is 1. The zero-order chi connectivity index (χ0) is 19.7. The summed E-state index contributed by atoms with van der Waals surface area (Å²) in [6.07, 6.45) is 1.43. The van der Waals surface area contributed by atoms with Crippen LogP contribution in [0.3, 0.4) is 0 Å². The molecule has 3 N–H and O–H groups in total. The fourth-order valence-corrected chi connectivity index (χ4v) is 2.95. The number of anilines is 3. The van der Waals surface area contributed by atoms with Gasteiger partial charge in [0, 0.05) is 11.8 Å². The molecule has 0 atom stereocenters. The maximum Gasteiger partial charge on any atom is 0.241 e. The van der Waals surface area contributed by atoms with E-state index in [1.54, 1.807) is 18.8 Å². The first-order valence-corrected chi connectivity index (χ1v) is 8.52. The molecule has 0 aliphatic heterocycles. The Balaban J connectivity index is 1.73. The van der Waals surface area contributed by atoms with Gasteiger partial charge in [-0.05, 0) is 30.7 Å². The fraction of sp³-hybridized carbons (Fsp3) is 0.158. The second kappa shape index (κ2) is 7.03. The molecule has 0 saturated heterocycles. The average molecular weight is 377 g/mol. The lowest BCUT2D eigenvalue weighted by atomic mass is 10.1. The lowest BCUT2D eigenvalue weighted by Crippen LogP contribution is -2.08. The number of nitrogens with zero attached hydrogens (tertiary/aromatic N) is 5. The topological polar surface area (TPSA) is 113 Å². The molecule has 2 heterocycles. The zero-order valence-electron chi connectivity index (χ0n) is 15.7. The highest BCUT2D eigenvalue weighted by molar-refractivity contribution is 5.80. The van der Waals surface area contributed by atoms with Crippen LogP contribution in [0.1, 0.15) is 5.56 Å². The smallest absolute Gasteiger partial charge is 0.241 e. The van der Waals surface area contributed by atoms with Crippen LogP contribution in [0, 0.1) is 6.92 Å².